The average molecular weight is 683 g/mol. The van der Waals surface area contributed by atoms with Gasteiger partial charge in [-0.1, -0.05) is 109 Å². The molecule has 0 saturated carbocycles. The highest BCUT2D eigenvalue weighted by atomic mass is 32.1. The first-order valence-corrected chi connectivity index (χ1v) is 18.9. The molecule has 2 aliphatic rings. The first-order valence-electron chi connectivity index (χ1n) is 18.1. The van der Waals surface area contributed by atoms with E-state index in [1.807, 2.05) is 11.3 Å². The molecule has 1 atom stereocenters. The zero-order valence-electron chi connectivity index (χ0n) is 28.8. The number of allylic oxidation sites excluding steroid dienone is 2. The van der Waals surface area contributed by atoms with Gasteiger partial charge >= 0.3 is 0 Å². The smallest absolute Gasteiger partial charge is 0.0715 e. The second kappa shape index (κ2) is 11.2. The minimum atomic E-state index is -0.125. The van der Waals surface area contributed by atoms with Gasteiger partial charge in [0.25, 0.3) is 0 Å². The molecule has 3 heteroatoms. The predicted octanol–water partition coefficient (Wildman–Crippen LogP) is 13.7. The van der Waals surface area contributed by atoms with Crippen LogP contribution in [0.3, 0.4) is 0 Å². The Morgan fingerprint density at radius 2 is 1.21 bits per heavy atom. The van der Waals surface area contributed by atoms with Crippen LogP contribution in [0.2, 0.25) is 0 Å². The summed E-state index contributed by atoms with van der Waals surface area (Å²) in [6.07, 6.45) is 7.82. The highest BCUT2D eigenvalue weighted by molar-refractivity contribution is 7.25. The standard InChI is InChI=1S/C49H34N2S/c1-49-27-10-9-18-43(49)42-30-33(22-25-45(42)51(49)36-13-3-2-4-14-36)35-21-24-39-38-16-5-7-19-44(38)50(46(39)31-35)37-15-11-12-32(28-37)34-23-26-48-41(29-34)40-17-6-8-20-47(40)52-48/h2-26,28-31H,27H2,1H3. The molecule has 1 aliphatic carbocycles. The van der Waals surface area contributed by atoms with E-state index in [4.69, 9.17) is 0 Å². The lowest BCUT2D eigenvalue weighted by atomic mass is 9.83. The predicted molar refractivity (Wildman–Crippen MR) is 223 cm³/mol. The van der Waals surface area contributed by atoms with Crippen molar-refractivity contribution in [1.82, 2.24) is 4.57 Å². The van der Waals surface area contributed by atoms with Gasteiger partial charge in [0.2, 0.25) is 0 Å². The van der Waals surface area contributed by atoms with Crippen LogP contribution in [-0.2, 0) is 0 Å². The lowest BCUT2D eigenvalue weighted by Gasteiger charge is -2.38. The lowest BCUT2D eigenvalue weighted by molar-refractivity contribution is 0.607. The molecule has 7 aromatic carbocycles. The van der Waals surface area contributed by atoms with Crippen molar-refractivity contribution in [2.24, 2.45) is 0 Å². The van der Waals surface area contributed by atoms with Crippen molar-refractivity contribution < 1.29 is 0 Å². The Hall–Kier alpha value is -6.16. The van der Waals surface area contributed by atoms with Gasteiger partial charge in [0.1, 0.15) is 0 Å². The molecule has 0 radical (unpaired) electrons. The largest absolute Gasteiger partial charge is 0.331 e. The van der Waals surface area contributed by atoms with E-state index >= 15 is 0 Å². The minimum absolute atomic E-state index is 0.125. The number of aromatic nitrogens is 1. The molecule has 0 N–H and O–H groups in total. The molecule has 0 fully saturated rings. The van der Waals surface area contributed by atoms with E-state index in [2.05, 4.69) is 192 Å². The molecule has 52 heavy (non-hydrogen) atoms. The second-order valence-electron chi connectivity index (χ2n) is 14.3. The van der Waals surface area contributed by atoms with Gasteiger partial charge in [-0.05, 0) is 108 Å². The van der Waals surface area contributed by atoms with E-state index < -0.39 is 0 Å². The zero-order chi connectivity index (χ0) is 34.4. The van der Waals surface area contributed by atoms with Crippen LogP contribution in [0.25, 0.3) is 75.5 Å². The molecule has 0 spiro atoms. The summed E-state index contributed by atoms with van der Waals surface area (Å²) in [5.74, 6) is 0. The topological polar surface area (TPSA) is 8.17 Å². The summed E-state index contributed by atoms with van der Waals surface area (Å²) in [6, 6.07) is 58.4. The Bertz CT molecular complexity index is 2960. The van der Waals surface area contributed by atoms with Crippen LogP contribution in [-0.4, -0.2) is 10.1 Å². The van der Waals surface area contributed by atoms with Crippen molar-refractivity contribution in [3.8, 4) is 27.9 Å². The van der Waals surface area contributed by atoms with Crippen molar-refractivity contribution in [2.75, 3.05) is 4.90 Å². The molecule has 9 aromatic rings. The first-order chi connectivity index (χ1) is 25.6. The van der Waals surface area contributed by atoms with Gasteiger partial charge < -0.3 is 9.47 Å². The van der Waals surface area contributed by atoms with E-state index in [0.29, 0.717) is 0 Å². The van der Waals surface area contributed by atoms with E-state index in [0.717, 1.165) is 6.42 Å². The van der Waals surface area contributed by atoms with Crippen molar-refractivity contribution in [3.63, 3.8) is 0 Å². The SMILES string of the molecule is CC12CC=CC=C1c1cc(-c3ccc4c5ccccc5n(-c5cccc(-c6ccc7sc8ccccc8c7c6)c5)c4c3)ccc1N2c1ccccc1. The number of benzene rings is 7. The van der Waals surface area contributed by atoms with Gasteiger partial charge in [0.15, 0.2) is 0 Å². The van der Waals surface area contributed by atoms with E-state index in [1.165, 1.54) is 92.4 Å². The Labute approximate surface area is 306 Å². The van der Waals surface area contributed by atoms with Crippen LogP contribution in [0.15, 0.2) is 176 Å². The summed E-state index contributed by atoms with van der Waals surface area (Å²) in [5.41, 5.74) is 13.6. The molecule has 246 valence electrons. The maximum atomic E-state index is 2.54. The third kappa shape index (κ3) is 4.30. The maximum absolute atomic E-state index is 2.54. The number of hydrogen-bond donors (Lipinski definition) is 0. The lowest BCUT2D eigenvalue weighted by Crippen LogP contribution is -2.40. The number of rotatable bonds is 4. The Balaban J connectivity index is 1.06. The van der Waals surface area contributed by atoms with Crippen LogP contribution in [0.1, 0.15) is 18.9 Å². The zero-order valence-corrected chi connectivity index (χ0v) is 29.6. The second-order valence-corrected chi connectivity index (χ2v) is 15.4. The number of fused-ring (bicyclic) bond motifs is 9. The van der Waals surface area contributed by atoms with Gasteiger partial charge in [0, 0.05) is 53.6 Å². The number of thiophene rings is 1. The minimum Gasteiger partial charge on any atom is -0.331 e. The summed E-state index contributed by atoms with van der Waals surface area (Å²) in [5, 5.41) is 5.19. The fourth-order valence-corrected chi connectivity index (χ4v) is 9.98. The molecule has 0 amide bonds. The fraction of sp³-hybridized carbons (Fsp3) is 0.0612. The van der Waals surface area contributed by atoms with E-state index in [1.54, 1.807) is 0 Å². The molecule has 1 unspecified atom stereocenters. The van der Waals surface area contributed by atoms with Gasteiger partial charge in [-0.2, -0.15) is 0 Å². The third-order valence-electron chi connectivity index (χ3n) is 11.4. The van der Waals surface area contributed by atoms with Crippen LogP contribution in [0, 0.1) is 0 Å². The van der Waals surface area contributed by atoms with Crippen LogP contribution in [0.5, 0.6) is 0 Å². The van der Waals surface area contributed by atoms with Crippen molar-refractivity contribution in [2.45, 2.75) is 18.9 Å². The van der Waals surface area contributed by atoms with Crippen LogP contribution in [0.4, 0.5) is 11.4 Å². The monoisotopic (exact) mass is 682 g/mol. The average Bonchev–Trinajstić information content (AvgIpc) is 3.82. The quantitative estimate of drug-likeness (QED) is 0.179. The summed E-state index contributed by atoms with van der Waals surface area (Å²) >= 11 is 1.87. The summed E-state index contributed by atoms with van der Waals surface area (Å²) in [7, 11) is 0. The molecule has 0 saturated heterocycles. The molecule has 2 nitrogen and oxygen atoms in total. The van der Waals surface area contributed by atoms with Gasteiger partial charge in [-0.3, -0.25) is 0 Å². The van der Waals surface area contributed by atoms with E-state index in [9.17, 15) is 0 Å². The molecule has 1 aliphatic heterocycles. The molecular formula is C49H34N2S. The van der Waals surface area contributed by atoms with E-state index in [-0.39, 0.29) is 5.54 Å². The van der Waals surface area contributed by atoms with Crippen molar-refractivity contribution in [1.29, 1.82) is 0 Å². The summed E-state index contributed by atoms with van der Waals surface area (Å²) in [4.78, 5) is 2.54. The van der Waals surface area contributed by atoms with Crippen molar-refractivity contribution in [3.05, 3.63) is 182 Å². The van der Waals surface area contributed by atoms with Crippen LogP contribution >= 0.6 is 11.3 Å². The number of nitrogens with zero attached hydrogens (tertiary/aromatic N) is 2. The Kier molecular flexibility index (Phi) is 6.35. The normalized spacial score (nSPS) is 16.6. The maximum Gasteiger partial charge on any atom is 0.0715 e. The van der Waals surface area contributed by atoms with Gasteiger partial charge in [-0.15, -0.1) is 11.3 Å². The molecular weight excluding hydrogens is 649 g/mol. The van der Waals surface area contributed by atoms with Crippen molar-refractivity contribution >= 4 is 70.3 Å². The fourth-order valence-electron chi connectivity index (χ4n) is 8.89. The molecule has 11 rings (SSSR count). The Morgan fingerprint density at radius 1 is 0.519 bits per heavy atom. The van der Waals surface area contributed by atoms with Crippen LogP contribution < -0.4 is 4.90 Å². The summed E-state index contributed by atoms with van der Waals surface area (Å²) < 4.78 is 5.12. The molecule has 3 heterocycles. The number of para-hydroxylation sites is 2. The third-order valence-corrected chi connectivity index (χ3v) is 12.5. The van der Waals surface area contributed by atoms with Gasteiger partial charge in [0.05, 0.1) is 16.6 Å². The number of anilines is 2. The Morgan fingerprint density at radius 3 is 2.13 bits per heavy atom. The molecule has 2 aromatic heterocycles. The first kappa shape index (κ1) is 29.6. The summed E-state index contributed by atoms with van der Waals surface area (Å²) in [6.45, 7) is 2.38. The molecule has 0 bridgehead atoms. The highest BCUT2D eigenvalue weighted by Gasteiger charge is 2.45. The number of hydrogen-bond acceptors (Lipinski definition) is 2. The highest BCUT2D eigenvalue weighted by Crippen LogP contribution is 2.54. The van der Waals surface area contributed by atoms with Gasteiger partial charge in [-0.25, -0.2) is 0 Å².